The van der Waals surface area contributed by atoms with Crippen LogP contribution in [0.2, 0.25) is 0 Å². The number of nitrogens with zero attached hydrogens (tertiary/aromatic N) is 1. The molecule has 0 radical (unpaired) electrons. The first-order valence-corrected chi connectivity index (χ1v) is 9.01. The minimum Gasteiger partial charge on any atom is -0.506 e. The lowest BCUT2D eigenvalue weighted by atomic mass is 9.68. The van der Waals surface area contributed by atoms with Crippen LogP contribution in [-0.2, 0) is 0 Å². The first kappa shape index (κ1) is 16.3. The average Bonchev–Trinajstić information content (AvgIpc) is 2.55. The van der Waals surface area contributed by atoms with E-state index in [0.29, 0.717) is 5.92 Å². The van der Waals surface area contributed by atoms with Crippen LogP contribution in [0.15, 0.2) is 12.1 Å². The fourth-order valence-corrected chi connectivity index (χ4v) is 4.64. The van der Waals surface area contributed by atoms with Gasteiger partial charge in [-0.3, -0.25) is 0 Å². The fourth-order valence-electron chi connectivity index (χ4n) is 4.64. The van der Waals surface area contributed by atoms with Crippen LogP contribution >= 0.6 is 0 Å². The van der Waals surface area contributed by atoms with Crippen molar-refractivity contribution in [2.24, 2.45) is 17.8 Å². The molecule has 3 rings (SSSR count). The van der Waals surface area contributed by atoms with Crippen molar-refractivity contribution in [1.29, 1.82) is 5.26 Å². The van der Waals surface area contributed by atoms with Crippen LogP contribution in [0.4, 0.5) is 4.39 Å². The summed E-state index contributed by atoms with van der Waals surface area (Å²) < 4.78 is 13.9. The average molecular weight is 315 g/mol. The minimum atomic E-state index is -0.592. The highest BCUT2D eigenvalue weighted by molar-refractivity contribution is 5.46. The van der Waals surface area contributed by atoms with Crippen LogP contribution in [0.3, 0.4) is 0 Å². The fraction of sp³-hybridized carbons (Fsp3) is 0.650. The zero-order chi connectivity index (χ0) is 16.4. The van der Waals surface area contributed by atoms with E-state index in [1.807, 2.05) is 0 Å². The standard InChI is InChI=1S/C20H26FNO/c1-13-2-4-14(5-3-13)15-6-8-16(9-7-15)17-10-19(21)18(12-22)20(23)11-17/h10-11,13-16,23H,2-9H2,1H3. The molecular weight excluding hydrogens is 289 g/mol. The summed E-state index contributed by atoms with van der Waals surface area (Å²) in [5.74, 6) is 2.12. The van der Waals surface area contributed by atoms with Crippen molar-refractivity contribution in [1.82, 2.24) is 0 Å². The van der Waals surface area contributed by atoms with Gasteiger partial charge in [0.1, 0.15) is 23.2 Å². The van der Waals surface area contributed by atoms with E-state index in [9.17, 15) is 9.50 Å². The Morgan fingerprint density at radius 1 is 1.00 bits per heavy atom. The van der Waals surface area contributed by atoms with Gasteiger partial charge in [-0.25, -0.2) is 4.39 Å². The molecule has 2 nitrogen and oxygen atoms in total. The Bertz CT molecular complexity index is 567. The van der Waals surface area contributed by atoms with Crippen LogP contribution in [0.5, 0.6) is 5.75 Å². The summed E-state index contributed by atoms with van der Waals surface area (Å²) in [7, 11) is 0. The molecule has 0 heterocycles. The zero-order valence-corrected chi connectivity index (χ0v) is 13.9. The predicted octanol–water partition coefficient (Wildman–Crippen LogP) is 5.50. The van der Waals surface area contributed by atoms with Crippen molar-refractivity contribution in [3.63, 3.8) is 0 Å². The molecule has 1 N–H and O–H groups in total. The molecule has 3 heteroatoms. The molecule has 0 bridgehead atoms. The van der Waals surface area contributed by atoms with Gasteiger partial charge >= 0.3 is 0 Å². The van der Waals surface area contributed by atoms with E-state index in [1.165, 1.54) is 44.6 Å². The number of benzene rings is 1. The Balaban J connectivity index is 1.62. The van der Waals surface area contributed by atoms with Gasteiger partial charge in [0.25, 0.3) is 0 Å². The SMILES string of the molecule is CC1CCC(C2CCC(c3cc(O)c(C#N)c(F)c3)CC2)CC1. The number of phenolic OH excluding ortho intramolecular Hbond substituents is 1. The molecule has 0 aromatic heterocycles. The Morgan fingerprint density at radius 3 is 2.09 bits per heavy atom. The molecule has 0 spiro atoms. The van der Waals surface area contributed by atoms with Crippen LogP contribution in [-0.4, -0.2) is 5.11 Å². The molecule has 0 atom stereocenters. The second kappa shape index (κ2) is 6.91. The lowest BCUT2D eigenvalue weighted by Crippen LogP contribution is -2.24. The summed E-state index contributed by atoms with van der Waals surface area (Å²) in [6.45, 7) is 2.36. The largest absolute Gasteiger partial charge is 0.506 e. The Morgan fingerprint density at radius 2 is 1.57 bits per heavy atom. The van der Waals surface area contributed by atoms with E-state index in [0.717, 1.165) is 36.2 Å². The van der Waals surface area contributed by atoms with E-state index in [4.69, 9.17) is 5.26 Å². The molecule has 0 amide bonds. The monoisotopic (exact) mass is 315 g/mol. The summed E-state index contributed by atoms with van der Waals surface area (Å²) in [5.41, 5.74) is 0.619. The van der Waals surface area contributed by atoms with E-state index in [-0.39, 0.29) is 11.3 Å². The van der Waals surface area contributed by atoms with E-state index in [2.05, 4.69) is 6.92 Å². The highest BCUT2D eigenvalue weighted by Crippen LogP contribution is 2.44. The van der Waals surface area contributed by atoms with Crippen molar-refractivity contribution in [2.75, 3.05) is 0 Å². The molecule has 0 unspecified atom stereocenters. The van der Waals surface area contributed by atoms with Crippen molar-refractivity contribution in [3.05, 3.63) is 29.1 Å². The van der Waals surface area contributed by atoms with Gasteiger partial charge in [-0.1, -0.05) is 19.8 Å². The van der Waals surface area contributed by atoms with Gasteiger partial charge in [-0.05, 0) is 79.9 Å². The predicted molar refractivity (Wildman–Crippen MR) is 88.6 cm³/mol. The summed E-state index contributed by atoms with van der Waals surface area (Å²) in [5, 5.41) is 18.7. The van der Waals surface area contributed by atoms with Gasteiger partial charge in [0.05, 0.1) is 0 Å². The van der Waals surface area contributed by atoms with E-state index < -0.39 is 5.82 Å². The van der Waals surface area contributed by atoms with Gasteiger partial charge in [0, 0.05) is 0 Å². The Hall–Kier alpha value is -1.56. The number of phenols is 1. The second-order valence-electron chi connectivity index (χ2n) is 7.64. The Kier molecular flexibility index (Phi) is 4.90. The normalized spacial score (nSPS) is 31.5. The molecular formula is C20H26FNO. The van der Waals surface area contributed by atoms with Gasteiger partial charge in [0.15, 0.2) is 0 Å². The van der Waals surface area contributed by atoms with E-state index >= 15 is 0 Å². The van der Waals surface area contributed by atoms with Crippen LogP contribution in [0, 0.1) is 34.9 Å². The molecule has 1 aromatic carbocycles. The number of aromatic hydroxyl groups is 1. The summed E-state index contributed by atoms with van der Waals surface area (Å²) in [4.78, 5) is 0. The lowest BCUT2D eigenvalue weighted by Gasteiger charge is -2.37. The molecule has 0 aliphatic heterocycles. The van der Waals surface area contributed by atoms with Gasteiger partial charge < -0.3 is 5.11 Å². The third-order valence-electron chi connectivity index (χ3n) is 6.17. The van der Waals surface area contributed by atoms with E-state index in [1.54, 1.807) is 12.1 Å². The van der Waals surface area contributed by atoms with Crippen molar-refractivity contribution >= 4 is 0 Å². The minimum absolute atomic E-state index is 0.217. The number of rotatable bonds is 2. The van der Waals surface area contributed by atoms with Crippen LogP contribution in [0.25, 0.3) is 0 Å². The molecule has 1 aromatic rings. The first-order chi connectivity index (χ1) is 11.1. The maximum atomic E-state index is 13.9. The number of nitriles is 1. The van der Waals surface area contributed by atoms with Gasteiger partial charge in [-0.2, -0.15) is 5.26 Å². The lowest BCUT2D eigenvalue weighted by molar-refractivity contribution is 0.165. The highest BCUT2D eigenvalue weighted by atomic mass is 19.1. The first-order valence-electron chi connectivity index (χ1n) is 9.01. The van der Waals surface area contributed by atoms with Crippen molar-refractivity contribution < 1.29 is 9.50 Å². The van der Waals surface area contributed by atoms with Gasteiger partial charge in [-0.15, -0.1) is 0 Å². The molecule has 2 fully saturated rings. The molecule has 124 valence electrons. The maximum Gasteiger partial charge on any atom is 0.145 e. The zero-order valence-electron chi connectivity index (χ0n) is 13.9. The Labute approximate surface area is 138 Å². The topological polar surface area (TPSA) is 44.0 Å². The third-order valence-corrected chi connectivity index (χ3v) is 6.17. The quantitative estimate of drug-likeness (QED) is 0.782. The highest BCUT2D eigenvalue weighted by Gasteiger charge is 2.30. The van der Waals surface area contributed by atoms with Crippen LogP contribution < -0.4 is 0 Å². The van der Waals surface area contributed by atoms with Crippen molar-refractivity contribution in [2.45, 2.75) is 64.2 Å². The van der Waals surface area contributed by atoms with Crippen molar-refractivity contribution in [3.8, 4) is 11.8 Å². The molecule has 23 heavy (non-hydrogen) atoms. The summed E-state index contributed by atoms with van der Waals surface area (Å²) in [6, 6.07) is 4.76. The summed E-state index contributed by atoms with van der Waals surface area (Å²) in [6.07, 6.45) is 10.1. The molecule has 2 saturated carbocycles. The molecule has 2 aliphatic carbocycles. The number of halogens is 1. The molecule has 2 aliphatic rings. The third kappa shape index (κ3) is 3.52. The van der Waals surface area contributed by atoms with Gasteiger partial charge in [0.2, 0.25) is 0 Å². The summed E-state index contributed by atoms with van der Waals surface area (Å²) >= 11 is 0. The number of hydrogen-bond acceptors (Lipinski definition) is 2. The number of hydrogen-bond donors (Lipinski definition) is 1. The van der Waals surface area contributed by atoms with Crippen LogP contribution in [0.1, 0.15) is 75.3 Å². The molecule has 0 saturated heterocycles. The second-order valence-corrected chi connectivity index (χ2v) is 7.64. The smallest absolute Gasteiger partial charge is 0.145 e. The maximum absolute atomic E-state index is 13.9.